The Morgan fingerprint density at radius 3 is 2.45 bits per heavy atom. The normalized spacial score (nSPS) is 11.1. The average molecular weight is 321 g/mol. The molecule has 0 atom stereocenters. The highest BCUT2D eigenvalue weighted by Crippen LogP contribution is 2.37. The minimum Gasteiger partial charge on any atom is -0.493 e. The Labute approximate surface area is 138 Å². The van der Waals surface area contributed by atoms with Crippen LogP contribution in [-0.4, -0.2) is 19.1 Å². The Bertz CT molecular complexity index is 608. The van der Waals surface area contributed by atoms with Gasteiger partial charge in [0, 0.05) is 16.7 Å². The third-order valence-corrected chi connectivity index (χ3v) is 3.78. The van der Waals surface area contributed by atoms with Gasteiger partial charge in [0.25, 0.3) is 0 Å². The zero-order valence-corrected chi connectivity index (χ0v) is 14.5. The Morgan fingerprint density at radius 2 is 1.82 bits per heavy atom. The quantitative estimate of drug-likeness (QED) is 0.476. The van der Waals surface area contributed by atoms with E-state index in [9.17, 15) is 0 Å². The largest absolute Gasteiger partial charge is 0.493 e. The van der Waals surface area contributed by atoms with Gasteiger partial charge in [-0.3, -0.25) is 0 Å². The van der Waals surface area contributed by atoms with Crippen LogP contribution in [0, 0.1) is 5.92 Å². The molecule has 0 amide bonds. The lowest BCUT2D eigenvalue weighted by Gasteiger charge is -2.18. The minimum atomic E-state index is 0.503. The molecule has 0 saturated carbocycles. The molecule has 0 heterocycles. The molecule has 0 aliphatic rings. The molecule has 2 rings (SSSR count). The van der Waals surface area contributed by atoms with Crippen LogP contribution in [0.15, 0.2) is 30.3 Å². The van der Waals surface area contributed by atoms with Gasteiger partial charge in [-0.05, 0) is 30.4 Å². The smallest absolute Gasteiger partial charge is 0.130 e. The maximum Gasteiger partial charge on any atom is 0.130 e. The first-order chi connectivity index (χ1) is 10.7. The fraction of sp³-hybridized carbons (Fsp3) is 0.474. The molecule has 0 bridgehead atoms. The topological polar surface area (TPSA) is 18.5 Å². The zero-order chi connectivity index (χ0) is 15.9. The lowest BCUT2D eigenvalue weighted by molar-refractivity contribution is 0.271. The predicted octanol–water partition coefficient (Wildman–Crippen LogP) is 5.44. The van der Waals surface area contributed by atoms with Crippen LogP contribution < -0.4 is 9.47 Å². The second-order valence-electron chi connectivity index (χ2n) is 5.86. The number of ether oxygens (including phenoxy) is 2. The van der Waals surface area contributed by atoms with Crippen molar-refractivity contribution in [3.8, 4) is 11.5 Å². The third-order valence-electron chi connectivity index (χ3n) is 3.51. The molecule has 2 aromatic rings. The first-order valence-electron chi connectivity index (χ1n) is 8.03. The molecule has 0 aromatic heterocycles. The van der Waals surface area contributed by atoms with E-state index in [0.29, 0.717) is 18.4 Å². The summed E-state index contributed by atoms with van der Waals surface area (Å²) in [6.07, 6.45) is 1.77. The Morgan fingerprint density at radius 1 is 1.09 bits per heavy atom. The van der Waals surface area contributed by atoms with E-state index in [-0.39, 0.29) is 0 Å². The number of hydrogen-bond donors (Lipinski definition) is 0. The van der Waals surface area contributed by atoms with Crippen molar-refractivity contribution in [2.45, 2.75) is 33.6 Å². The monoisotopic (exact) mass is 320 g/mol. The second kappa shape index (κ2) is 8.28. The highest BCUT2D eigenvalue weighted by molar-refractivity contribution is 6.17. The lowest BCUT2D eigenvalue weighted by atomic mass is 10.0. The van der Waals surface area contributed by atoms with Crippen LogP contribution in [0.1, 0.15) is 32.8 Å². The first kappa shape index (κ1) is 17.0. The summed E-state index contributed by atoms with van der Waals surface area (Å²) in [5.74, 6) is 3.04. The van der Waals surface area contributed by atoms with E-state index in [1.165, 1.54) is 5.56 Å². The van der Waals surface area contributed by atoms with Gasteiger partial charge in [0.2, 0.25) is 0 Å². The van der Waals surface area contributed by atoms with E-state index >= 15 is 0 Å². The van der Waals surface area contributed by atoms with Gasteiger partial charge in [-0.15, -0.1) is 11.6 Å². The van der Waals surface area contributed by atoms with Crippen molar-refractivity contribution in [3.63, 3.8) is 0 Å². The molecule has 0 saturated heterocycles. The summed E-state index contributed by atoms with van der Waals surface area (Å²) in [6, 6.07) is 10.4. The number of benzene rings is 2. The molecule has 0 aliphatic carbocycles. The predicted molar refractivity (Wildman–Crippen MR) is 94.5 cm³/mol. The molecular weight excluding hydrogens is 296 g/mol. The molecule has 0 fully saturated rings. The van der Waals surface area contributed by atoms with Gasteiger partial charge in [-0.1, -0.05) is 45.0 Å². The fourth-order valence-corrected chi connectivity index (χ4v) is 2.52. The molecule has 2 aromatic carbocycles. The van der Waals surface area contributed by atoms with Crippen molar-refractivity contribution < 1.29 is 9.47 Å². The summed E-state index contributed by atoms with van der Waals surface area (Å²) in [4.78, 5) is 0. The molecule has 2 nitrogen and oxygen atoms in total. The van der Waals surface area contributed by atoms with E-state index in [2.05, 4.69) is 39.0 Å². The average Bonchev–Trinajstić information content (AvgIpc) is 2.53. The summed E-state index contributed by atoms with van der Waals surface area (Å²) in [5, 5.41) is 2.23. The van der Waals surface area contributed by atoms with Crippen molar-refractivity contribution in [1.82, 2.24) is 0 Å². The van der Waals surface area contributed by atoms with Crippen LogP contribution in [0.4, 0.5) is 0 Å². The van der Waals surface area contributed by atoms with Crippen molar-refractivity contribution >= 4 is 22.4 Å². The van der Waals surface area contributed by atoms with Crippen molar-refractivity contribution in [1.29, 1.82) is 0 Å². The van der Waals surface area contributed by atoms with E-state index in [1.54, 1.807) is 0 Å². The highest BCUT2D eigenvalue weighted by Gasteiger charge is 2.13. The van der Waals surface area contributed by atoms with E-state index in [4.69, 9.17) is 21.1 Å². The summed E-state index contributed by atoms with van der Waals surface area (Å²) >= 11 is 5.74. The van der Waals surface area contributed by atoms with Gasteiger partial charge in [0.1, 0.15) is 11.5 Å². The molecule has 0 N–H and O–H groups in total. The molecule has 0 unspecified atom stereocenters. The minimum absolute atomic E-state index is 0.503. The lowest BCUT2D eigenvalue weighted by Crippen LogP contribution is -2.07. The highest BCUT2D eigenvalue weighted by atomic mass is 35.5. The second-order valence-corrected chi connectivity index (χ2v) is 6.24. The molecular formula is C19H25ClO2. The number of rotatable bonds is 8. The van der Waals surface area contributed by atoms with Gasteiger partial charge in [-0.2, -0.15) is 0 Å². The van der Waals surface area contributed by atoms with Gasteiger partial charge in [0.15, 0.2) is 0 Å². The third kappa shape index (κ3) is 4.07. The van der Waals surface area contributed by atoms with Crippen LogP contribution in [0.3, 0.4) is 0 Å². The molecule has 3 heteroatoms. The summed E-state index contributed by atoms with van der Waals surface area (Å²) in [5.41, 5.74) is 1.19. The summed E-state index contributed by atoms with van der Waals surface area (Å²) < 4.78 is 12.0. The number of fused-ring (bicyclic) bond motifs is 1. The molecule has 0 aliphatic heterocycles. The van der Waals surface area contributed by atoms with E-state index < -0.39 is 0 Å². The van der Waals surface area contributed by atoms with E-state index in [0.717, 1.165) is 41.7 Å². The number of halogens is 1. The summed E-state index contributed by atoms with van der Waals surface area (Å²) in [7, 11) is 0. The van der Waals surface area contributed by atoms with Crippen molar-refractivity contribution in [2.24, 2.45) is 5.92 Å². The number of aryl methyl sites for hydroxylation is 1. The van der Waals surface area contributed by atoms with Gasteiger partial charge in [-0.25, -0.2) is 0 Å². The Kier molecular flexibility index (Phi) is 6.38. The van der Waals surface area contributed by atoms with Crippen molar-refractivity contribution in [2.75, 3.05) is 19.1 Å². The van der Waals surface area contributed by atoms with Crippen LogP contribution in [0.25, 0.3) is 10.8 Å². The van der Waals surface area contributed by atoms with Crippen LogP contribution in [0.5, 0.6) is 11.5 Å². The Balaban J connectivity index is 2.43. The Hall–Kier alpha value is -1.41. The molecule has 0 spiro atoms. The molecule has 0 radical (unpaired) electrons. The maximum atomic E-state index is 6.11. The molecule has 22 heavy (non-hydrogen) atoms. The fourth-order valence-electron chi connectivity index (χ4n) is 2.41. The maximum absolute atomic E-state index is 6.11. The molecule has 120 valence electrons. The number of hydrogen-bond acceptors (Lipinski definition) is 2. The van der Waals surface area contributed by atoms with Gasteiger partial charge >= 0.3 is 0 Å². The SMILES string of the molecule is CCc1cc(OCCCCl)c2ccccc2c1OCC(C)C. The first-order valence-corrected chi connectivity index (χ1v) is 8.57. The standard InChI is InChI=1S/C19H25ClO2/c1-4-15-12-18(21-11-7-10-20)16-8-5-6-9-17(16)19(15)22-13-14(2)3/h5-6,8-9,12,14H,4,7,10-11,13H2,1-3H3. The van der Waals surface area contributed by atoms with Gasteiger partial charge < -0.3 is 9.47 Å². The van der Waals surface area contributed by atoms with Crippen LogP contribution in [-0.2, 0) is 6.42 Å². The van der Waals surface area contributed by atoms with E-state index in [1.807, 2.05) is 12.1 Å². The summed E-state index contributed by atoms with van der Waals surface area (Å²) in [6.45, 7) is 7.84. The van der Waals surface area contributed by atoms with Crippen molar-refractivity contribution in [3.05, 3.63) is 35.9 Å². The zero-order valence-electron chi connectivity index (χ0n) is 13.7. The van der Waals surface area contributed by atoms with Gasteiger partial charge in [0.05, 0.1) is 13.2 Å². The number of alkyl halides is 1. The van der Waals surface area contributed by atoms with Crippen LogP contribution in [0.2, 0.25) is 0 Å². The van der Waals surface area contributed by atoms with Crippen LogP contribution >= 0.6 is 11.6 Å².